The third-order valence-electron chi connectivity index (χ3n) is 2.93. The van der Waals surface area contributed by atoms with E-state index in [9.17, 15) is 4.79 Å². The third-order valence-corrected chi connectivity index (χ3v) is 2.93. The van der Waals surface area contributed by atoms with Gasteiger partial charge in [0.15, 0.2) is 11.9 Å². The number of rotatable bonds is 1. The Hall–Kier alpha value is -1.90. The fourth-order valence-electron chi connectivity index (χ4n) is 2.06. The topological polar surface area (TPSA) is 39.2 Å². The van der Waals surface area contributed by atoms with Gasteiger partial charge in [-0.05, 0) is 13.0 Å². The van der Waals surface area contributed by atoms with Crippen molar-refractivity contribution in [3.05, 3.63) is 36.0 Å². The van der Waals surface area contributed by atoms with Crippen molar-refractivity contribution in [2.45, 2.75) is 19.4 Å². The van der Waals surface area contributed by atoms with Crippen molar-refractivity contribution in [3.8, 4) is 5.75 Å². The number of fused-ring (bicyclic) bond motifs is 3. The van der Waals surface area contributed by atoms with Gasteiger partial charge in [-0.25, -0.2) is 0 Å². The van der Waals surface area contributed by atoms with Crippen molar-refractivity contribution in [1.29, 1.82) is 0 Å². The molecule has 1 aromatic heterocycles. The first kappa shape index (κ1) is 9.33. The Morgan fingerprint density at radius 3 is 3.12 bits per heavy atom. The van der Waals surface area contributed by atoms with Crippen LogP contribution in [0, 0.1) is 0 Å². The van der Waals surface area contributed by atoms with Crippen molar-refractivity contribution in [2.24, 2.45) is 0 Å². The van der Waals surface area contributed by atoms with Gasteiger partial charge in [-0.1, -0.05) is 18.2 Å². The minimum Gasteiger partial charge on any atom is -0.480 e. The van der Waals surface area contributed by atoms with E-state index in [1.807, 2.05) is 24.3 Å². The van der Waals surface area contributed by atoms with E-state index in [2.05, 4.69) is 4.98 Å². The molecule has 1 aliphatic heterocycles. The number of pyridine rings is 1. The number of carbonyl (C=O) groups excluding carboxylic acids is 1. The molecule has 1 aromatic carbocycles. The quantitative estimate of drug-likeness (QED) is 0.728. The Bertz CT molecular complexity index is 577. The number of ether oxygens (including phenoxy) is 1. The lowest BCUT2D eigenvalue weighted by atomic mass is 10.1. The SMILES string of the molecule is CC(=O)C1Cc2ccc3cccnc3c2O1. The standard InChI is InChI=1S/C13H11NO2/c1-8(15)11-7-10-5-4-9-3-2-6-14-12(9)13(10)16-11/h2-6,11H,7H2,1H3. The maximum absolute atomic E-state index is 11.3. The van der Waals surface area contributed by atoms with Crippen LogP contribution in [0.2, 0.25) is 0 Å². The van der Waals surface area contributed by atoms with Crippen molar-refractivity contribution in [3.63, 3.8) is 0 Å². The van der Waals surface area contributed by atoms with Gasteiger partial charge in [0.2, 0.25) is 0 Å². The average Bonchev–Trinajstić information content (AvgIpc) is 2.73. The molecule has 0 saturated heterocycles. The molecule has 2 heterocycles. The average molecular weight is 213 g/mol. The Morgan fingerprint density at radius 2 is 2.31 bits per heavy atom. The molecule has 0 radical (unpaired) electrons. The summed E-state index contributed by atoms with van der Waals surface area (Å²) in [4.78, 5) is 15.6. The Labute approximate surface area is 93.1 Å². The first-order valence-corrected chi connectivity index (χ1v) is 5.29. The molecular weight excluding hydrogens is 202 g/mol. The van der Waals surface area contributed by atoms with Crippen LogP contribution in [-0.2, 0) is 11.2 Å². The van der Waals surface area contributed by atoms with Crippen LogP contribution in [0.4, 0.5) is 0 Å². The second-order valence-corrected chi connectivity index (χ2v) is 4.05. The summed E-state index contributed by atoms with van der Waals surface area (Å²) >= 11 is 0. The van der Waals surface area contributed by atoms with Crippen LogP contribution < -0.4 is 4.74 Å². The molecule has 1 unspecified atom stereocenters. The Balaban J connectivity index is 2.17. The maximum atomic E-state index is 11.3. The Kier molecular flexibility index (Phi) is 1.93. The minimum absolute atomic E-state index is 0.0697. The zero-order valence-electron chi connectivity index (χ0n) is 8.93. The van der Waals surface area contributed by atoms with Gasteiger partial charge in [-0.2, -0.15) is 0 Å². The van der Waals surface area contributed by atoms with Gasteiger partial charge in [-0.15, -0.1) is 0 Å². The van der Waals surface area contributed by atoms with E-state index in [1.54, 1.807) is 13.1 Å². The van der Waals surface area contributed by atoms with E-state index in [1.165, 1.54) is 0 Å². The van der Waals surface area contributed by atoms with Crippen molar-refractivity contribution >= 4 is 16.7 Å². The summed E-state index contributed by atoms with van der Waals surface area (Å²) in [7, 11) is 0. The van der Waals surface area contributed by atoms with Gasteiger partial charge < -0.3 is 4.74 Å². The molecule has 3 heteroatoms. The highest BCUT2D eigenvalue weighted by Gasteiger charge is 2.28. The van der Waals surface area contributed by atoms with Crippen LogP contribution in [0.25, 0.3) is 10.9 Å². The lowest BCUT2D eigenvalue weighted by molar-refractivity contribution is -0.122. The largest absolute Gasteiger partial charge is 0.480 e. The number of ketones is 1. The lowest BCUT2D eigenvalue weighted by Gasteiger charge is -2.06. The maximum Gasteiger partial charge on any atom is 0.170 e. The van der Waals surface area contributed by atoms with Gasteiger partial charge in [0.1, 0.15) is 11.3 Å². The van der Waals surface area contributed by atoms with Crippen molar-refractivity contribution in [2.75, 3.05) is 0 Å². The molecule has 16 heavy (non-hydrogen) atoms. The molecule has 1 aliphatic rings. The lowest BCUT2D eigenvalue weighted by Crippen LogP contribution is -2.22. The number of Topliss-reactive ketones (excluding diaryl/α,β-unsaturated/α-hetero) is 1. The first-order valence-electron chi connectivity index (χ1n) is 5.29. The summed E-state index contributed by atoms with van der Waals surface area (Å²) in [5, 5.41) is 1.05. The molecule has 0 N–H and O–H groups in total. The van der Waals surface area contributed by atoms with Crippen LogP contribution in [0.15, 0.2) is 30.5 Å². The first-order chi connectivity index (χ1) is 7.75. The van der Waals surface area contributed by atoms with E-state index in [4.69, 9.17) is 4.74 Å². The van der Waals surface area contributed by atoms with E-state index in [-0.39, 0.29) is 11.9 Å². The van der Waals surface area contributed by atoms with E-state index in [0.717, 1.165) is 22.2 Å². The molecule has 0 bridgehead atoms. The molecule has 1 atom stereocenters. The molecule has 3 rings (SSSR count). The summed E-state index contributed by atoms with van der Waals surface area (Å²) < 4.78 is 5.67. The molecule has 2 aromatic rings. The highest BCUT2D eigenvalue weighted by atomic mass is 16.5. The summed E-state index contributed by atoms with van der Waals surface area (Å²) in [5.74, 6) is 0.846. The molecule has 0 saturated carbocycles. The van der Waals surface area contributed by atoms with E-state index in [0.29, 0.717) is 6.42 Å². The number of nitrogens with zero attached hydrogens (tertiary/aromatic N) is 1. The second kappa shape index (κ2) is 3.30. The van der Waals surface area contributed by atoms with Crippen LogP contribution in [0.1, 0.15) is 12.5 Å². The van der Waals surface area contributed by atoms with Gasteiger partial charge >= 0.3 is 0 Å². The second-order valence-electron chi connectivity index (χ2n) is 4.05. The molecule has 0 fully saturated rings. The molecule has 3 nitrogen and oxygen atoms in total. The van der Waals surface area contributed by atoms with E-state index >= 15 is 0 Å². The summed E-state index contributed by atoms with van der Waals surface area (Å²) in [6.07, 6.45) is 2.08. The highest BCUT2D eigenvalue weighted by molar-refractivity contribution is 5.89. The van der Waals surface area contributed by atoms with Crippen LogP contribution in [-0.4, -0.2) is 16.9 Å². The number of hydrogen-bond donors (Lipinski definition) is 0. The number of carbonyl (C=O) groups is 1. The molecule has 0 aliphatic carbocycles. The Morgan fingerprint density at radius 1 is 1.44 bits per heavy atom. The minimum atomic E-state index is -0.331. The monoisotopic (exact) mass is 213 g/mol. The number of aromatic nitrogens is 1. The number of benzene rings is 1. The molecular formula is C13H11NO2. The van der Waals surface area contributed by atoms with Crippen molar-refractivity contribution < 1.29 is 9.53 Å². The third kappa shape index (κ3) is 1.28. The number of hydrogen-bond acceptors (Lipinski definition) is 3. The fraction of sp³-hybridized carbons (Fsp3) is 0.231. The predicted molar refractivity (Wildman–Crippen MR) is 60.5 cm³/mol. The zero-order chi connectivity index (χ0) is 11.1. The predicted octanol–water partition coefficient (Wildman–Crippen LogP) is 2.13. The molecule has 0 spiro atoms. The van der Waals surface area contributed by atoms with Gasteiger partial charge in [0.05, 0.1) is 0 Å². The summed E-state index contributed by atoms with van der Waals surface area (Å²) in [6.45, 7) is 1.56. The van der Waals surface area contributed by atoms with Crippen molar-refractivity contribution in [1.82, 2.24) is 4.98 Å². The zero-order valence-corrected chi connectivity index (χ0v) is 8.93. The molecule has 80 valence electrons. The van der Waals surface area contributed by atoms with Crippen LogP contribution >= 0.6 is 0 Å². The van der Waals surface area contributed by atoms with E-state index < -0.39 is 0 Å². The highest BCUT2D eigenvalue weighted by Crippen LogP contribution is 2.35. The van der Waals surface area contributed by atoms with Crippen LogP contribution in [0.5, 0.6) is 5.75 Å². The summed E-state index contributed by atoms with van der Waals surface area (Å²) in [6, 6.07) is 7.93. The molecule has 0 amide bonds. The van der Waals surface area contributed by atoms with Gasteiger partial charge in [-0.3, -0.25) is 9.78 Å². The van der Waals surface area contributed by atoms with Gasteiger partial charge in [0, 0.05) is 23.6 Å². The van der Waals surface area contributed by atoms with Gasteiger partial charge in [0.25, 0.3) is 0 Å². The van der Waals surface area contributed by atoms with Crippen LogP contribution in [0.3, 0.4) is 0 Å². The normalized spacial score (nSPS) is 18.2. The fourth-order valence-corrected chi connectivity index (χ4v) is 2.06. The summed E-state index contributed by atoms with van der Waals surface area (Å²) in [5.41, 5.74) is 1.93. The smallest absolute Gasteiger partial charge is 0.170 e.